The maximum atomic E-state index is 13.6. The summed E-state index contributed by atoms with van der Waals surface area (Å²) in [7, 11) is 0. The molecule has 0 radical (unpaired) electrons. The first kappa shape index (κ1) is 30.1. The SMILES string of the molecule is Cc1ccc(COc2ccc(C(O)=C3C(=O)C(=O)N(CCN4CCOCC4)C3c3cccc(Oc4ccccc4)c3)cc2)cc1. The number of hydrogen-bond donors (Lipinski definition) is 1. The van der Waals surface area contributed by atoms with E-state index in [-0.39, 0.29) is 11.3 Å². The van der Waals surface area contributed by atoms with Gasteiger partial charge in [0, 0.05) is 31.7 Å². The molecule has 1 N–H and O–H groups in total. The number of hydrogen-bond acceptors (Lipinski definition) is 7. The molecule has 0 aliphatic carbocycles. The molecule has 2 aliphatic rings. The summed E-state index contributed by atoms with van der Waals surface area (Å²) in [5.74, 6) is 0.274. The van der Waals surface area contributed by atoms with Crippen molar-refractivity contribution in [2.24, 2.45) is 0 Å². The summed E-state index contributed by atoms with van der Waals surface area (Å²) in [5, 5.41) is 11.6. The van der Waals surface area contributed by atoms with E-state index in [0.29, 0.717) is 61.3 Å². The lowest BCUT2D eigenvalue weighted by Gasteiger charge is -2.31. The third-order valence-electron chi connectivity index (χ3n) is 8.11. The summed E-state index contributed by atoms with van der Waals surface area (Å²) in [4.78, 5) is 30.9. The van der Waals surface area contributed by atoms with E-state index in [2.05, 4.69) is 4.90 Å². The number of nitrogens with zero attached hydrogens (tertiary/aromatic N) is 2. The molecule has 2 fully saturated rings. The van der Waals surface area contributed by atoms with Crippen molar-refractivity contribution in [3.63, 3.8) is 0 Å². The van der Waals surface area contributed by atoms with E-state index in [0.717, 1.165) is 18.7 Å². The molecule has 1 unspecified atom stereocenters. The highest BCUT2D eigenvalue weighted by Gasteiger charge is 2.46. The number of morpholine rings is 1. The highest BCUT2D eigenvalue weighted by Crippen LogP contribution is 2.40. The molecule has 4 aromatic rings. The second-order valence-electron chi connectivity index (χ2n) is 11.2. The smallest absolute Gasteiger partial charge is 0.295 e. The Morgan fingerprint density at radius 3 is 2.27 bits per heavy atom. The van der Waals surface area contributed by atoms with Crippen LogP contribution in [-0.2, 0) is 20.9 Å². The largest absolute Gasteiger partial charge is 0.507 e. The fourth-order valence-corrected chi connectivity index (χ4v) is 5.62. The van der Waals surface area contributed by atoms with E-state index in [1.807, 2.05) is 85.8 Å². The van der Waals surface area contributed by atoms with Crippen molar-refractivity contribution in [3.8, 4) is 17.2 Å². The molecular weight excluding hydrogens is 568 g/mol. The average Bonchev–Trinajstić information content (AvgIpc) is 3.33. The molecule has 2 saturated heterocycles. The van der Waals surface area contributed by atoms with Gasteiger partial charge in [-0.3, -0.25) is 14.5 Å². The van der Waals surface area contributed by atoms with Crippen molar-refractivity contribution in [1.29, 1.82) is 0 Å². The third-order valence-corrected chi connectivity index (χ3v) is 8.11. The third kappa shape index (κ3) is 7.09. The van der Waals surface area contributed by atoms with Gasteiger partial charge in [0.05, 0.1) is 24.8 Å². The Balaban J connectivity index is 1.29. The number of benzene rings is 4. The Hall–Kier alpha value is -4.92. The molecule has 4 aromatic carbocycles. The standard InChI is InChI=1S/C37H36N2O6/c1-26-10-12-27(13-11-26)25-44-30-16-14-28(15-17-30)35(40)33-34(29-6-5-9-32(24-29)45-31-7-3-2-4-8-31)39(37(42)36(33)41)19-18-38-20-22-43-23-21-38/h2-17,24,34,40H,18-23,25H2,1H3. The summed E-state index contributed by atoms with van der Waals surface area (Å²) in [5.41, 5.74) is 3.37. The van der Waals surface area contributed by atoms with Crippen LogP contribution in [0.3, 0.4) is 0 Å². The van der Waals surface area contributed by atoms with Gasteiger partial charge in [-0.15, -0.1) is 0 Å². The normalized spacial score (nSPS) is 18.2. The summed E-state index contributed by atoms with van der Waals surface area (Å²) < 4.78 is 17.5. The Labute approximate surface area is 263 Å². The van der Waals surface area contributed by atoms with Gasteiger partial charge in [0.1, 0.15) is 29.6 Å². The lowest BCUT2D eigenvalue weighted by Crippen LogP contribution is -2.42. The number of aliphatic hydroxyl groups is 1. The first-order chi connectivity index (χ1) is 22.0. The second kappa shape index (κ2) is 13.8. The Morgan fingerprint density at radius 2 is 1.53 bits per heavy atom. The van der Waals surface area contributed by atoms with Crippen molar-refractivity contribution in [2.75, 3.05) is 39.4 Å². The van der Waals surface area contributed by atoms with Crippen molar-refractivity contribution in [3.05, 3.63) is 131 Å². The number of ketones is 1. The molecule has 0 saturated carbocycles. The summed E-state index contributed by atoms with van der Waals surface area (Å²) in [6.45, 7) is 6.12. The highest BCUT2D eigenvalue weighted by atomic mass is 16.5. The molecule has 2 aliphatic heterocycles. The fraction of sp³-hybridized carbons (Fsp3) is 0.243. The van der Waals surface area contributed by atoms with Crippen LogP contribution in [0, 0.1) is 6.92 Å². The number of carbonyl (C=O) groups excluding carboxylic acids is 2. The number of rotatable bonds is 10. The van der Waals surface area contributed by atoms with E-state index in [1.54, 1.807) is 29.2 Å². The van der Waals surface area contributed by atoms with Crippen molar-refractivity contribution < 1.29 is 28.9 Å². The maximum Gasteiger partial charge on any atom is 0.295 e. The molecule has 0 spiro atoms. The molecule has 1 atom stereocenters. The highest BCUT2D eigenvalue weighted by molar-refractivity contribution is 6.46. The van der Waals surface area contributed by atoms with Gasteiger partial charge in [0.25, 0.3) is 11.7 Å². The number of carbonyl (C=O) groups is 2. The van der Waals surface area contributed by atoms with E-state index >= 15 is 0 Å². The van der Waals surface area contributed by atoms with Gasteiger partial charge in [0.15, 0.2) is 0 Å². The topological polar surface area (TPSA) is 88.5 Å². The summed E-state index contributed by atoms with van der Waals surface area (Å²) >= 11 is 0. The number of Topliss-reactive ketones (excluding diaryl/α,β-unsaturated/α-hetero) is 1. The van der Waals surface area contributed by atoms with Crippen LogP contribution in [0.1, 0.15) is 28.3 Å². The van der Waals surface area contributed by atoms with E-state index in [4.69, 9.17) is 14.2 Å². The zero-order valence-corrected chi connectivity index (χ0v) is 25.2. The number of likely N-dealkylation sites (tertiary alicyclic amines) is 1. The van der Waals surface area contributed by atoms with Gasteiger partial charge in [-0.05, 0) is 66.6 Å². The van der Waals surface area contributed by atoms with Crippen LogP contribution in [0.15, 0.2) is 109 Å². The van der Waals surface area contributed by atoms with Crippen LogP contribution in [-0.4, -0.2) is 66.0 Å². The molecule has 6 rings (SSSR count). The number of para-hydroxylation sites is 1. The zero-order valence-electron chi connectivity index (χ0n) is 25.2. The number of aryl methyl sites for hydroxylation is 1. The predicted molar refractivity (Wildman–Crippen MR) is 171 cm³/mol. The van der Waals surface area contributed by atoms with E-state index in [1.165, 1.54) is 5.56 Å². The molecule has 2 heterocycles. The Kier molecular flexibility index (Phi) is 9.24. The molecule has 8 heteroatoms. The molecule has 0 bridgehead atoms. The van der Waals surface area contributed by atoms with E-state index in [9.17, 15) is 14.7 Å². The fourth-order valence-electron chi connectivity index (χ4n) is 5.62. The lowest BCUT2D eigenvalue weighted by atomic mass is 9.95. The zero-order chi connectivity index (χ0) is 31.2. The monoisotopic (exact) mass is 604 g/mol. The molecule has 45 heavy (non-hydrogen) atoms. The van der Waals surface area contributed by atoms with Gasteiger partial charge in [-0.1, -0.05) is 60.2 Å². The second-order valence-corrected chi connectivity index (χ2v) is 11.2. The van der Waals surface area contributed by atoms with E-state index < -0.39 is 17.7 Å². The minimum atomic E-state index is -0.789. The molecule has 1 amide bonds. The van der Waals surface area contributed by atoms with Crippen molar-refractivity contribution >= 4 is 17.4 Å². The van der Waals surface area contributed by atoms with Crippen molar-refractivity contribution in [1.82, 2.24) is 9.80 Å². The van der Waals surface area contributed by atoms with Crippen LogP contribution < -0.4 is 9.47 Å². The van der Waals surface area contributed by atoms with Gasteiger partial charge in [-0.25, -0.2) is 0 Å². The van der Waals surface area contributed by atoms with Crippen LogP contribution in [0.25, 0.3) is 5.76 Å². The first-order valence-electron chi connectivity index (χ1n) is 15.2. The van der Waals surface area contributed by atoms with Crippen LogP contribution in [0.2, 0.25) is 0 Å². The van der Waals surface area contributed by atoms with Gasteiger partial charge in [-0.2, -0.15) is 0 Å². The van der Waals surface area contributed by atoms with Crippen LogP contribution in [0.5, 0.6) is 17.2 Å². The Morgan fingerprint density at radius 1 is 0.822 bits per heavy atom. The lowest BCUT2D eigenvalue weighted by molar-refractivity contribution is -0.140. The number of amides is 1. The first-order valence-corrected chi connectivity index (χ1v) is 15.2. The van der Waals surface area contributed by atoms with Crippen LogP contribution in [0.4, 0.5) is 0 Å². The number of aliphatic hydroxyl groups excluding tert-OH is 1. The minimum absolute atomic E-state index is 0.0483. The quantitative estimate of drug-likeness (QED) is 0.133. The molecular formula is C37H36N2O6. The van der Waals surface area contributed by atoms with Gasteiger partial charge >= 0.3 is 0 Å². The number of ether oxygens (including phenoxy) is 3. The van der Waals surface area contributed by atoms with Gasteiger partial charge in [0.2, 0.25) is 0 Å². The maximum absolute atomic E-state index is 13.6. The molecule has 0 aromatic heterocycles. The Bertz CT molecular complexity index is 1660. The average molecular weight is 605 g/mol. The molecule has 230 valence electrons. The van der Waals surface area contributed by atoms with Gasteiger partial charge < -0.3 is 24.2 Å². The van der Waals surface area contributed by atoms with Crippen molar-refractivity contribution in [2.45, 2.75) is 19.6 Å². The minimum Gasteiger partial charge on any atom is -0.507 e. The molecule has 8 nitrogen and oxygen atoms in total. The van der Waals surface area contributed by atoms with Crippen LogP contribution >= 0.6 is 0 Å². The predicted octanol–water partition coefficient (Wildman–Crippen LogP) is 6.12. The summed E-state index contributed by atoms with van der Waals surface area (Å²) in [6, 6.07) is 31.0. The summed E-state index contributed by atoms with van der Waals surface area (Å²) in [6.07, 6.45) is 0.